The Morgan fingerprint density at radius 2 is 0.647 bits per heavy atom. The molecule has 0 amide bonds. The van der Waals surface area contributed by atoms with E-state index >= 15 is 0 Å². The predicted molar refractivity (Wildman–Crippen MR) is 188 cm³/mol. The lowest BCUT2D eigenvalue weighted by molar-refractivity contribution is 0.0438. The van der Waals surface area contributed by atoms with Gasteiger partial charge in [-0.05, 0) is 27.7 Å². The number of fused-ring (bicyclic) bond motifs is 1. The normalized spacial score (nSPS) is 11.7. The van der Waals surface area contributed by atoms with Crippen molar-refractivity contribution in [1.29, 1.82) is 0 Å². The lowest BCUT2D eigenvalue weighted by atomic mass is 10.0. The lowest BCUT2D eigenvalue weighted by Crippen LogP contribution is -2.15. The standard InChI is InChI=1S/C20H16N2O4.C20H14N2O3/c1-11-3-7-13(8-4-11)15-16(14-9-5-12(2)6-10-14)22-18(20(25)26)17(21-15)19(23)24;1-11-3-7-13(8-4-11)15-16(14-9-5-12(2)6-10-14)22-18-17(21-15)19(23)25-20(18)24/h3-10H,1-2H3,(H,23,24)(H,25,26);3-10H,1-2H3. The van der Waals surface area contributed by atoms with Gasteiger partial charge in [-0.15, -0.1) is 0 Å². The SMILES string of the molecule is Cc1ccc(-c2nc(C(=O)O)c(C(=O)O)nc2-c2ccc(C)cc2)cc1.Cc1ccc(-c2nc3c(nc2-c2ccc(C)cc2)C(=O)OC3=O)cc1. The zero-order valence-corrected chi connectivity index (χ0v) is 28.0. The number of carboxylic acid groups (broad SMARTS) is 2. The van der Waals surface area contributed by atoms with Gasteiger partial charge in [-0.2, -0.15) is 0 Å². The molecule has 0 bridgehead atoms. The number of nitrogens with zero attached hydrogens (tertiary/aromatic N) is 4. The van der Waals surface area contributed by atoms with Crippen LogP contribution in [-0.4, -0.2) is 54.0 Å². The first kappa shape index (κ1) is 34.0. The molecule has 0 unspecified atom stereocenters. The molecular weight excluding hydrogens is 648 g/mol. The maximum Gasteiger partial charge on any atom is 0.367 e. The van der Waals surface area contributed by atoms with Crippen LogP contribution in [0.15, 0.2) is 97.1 Å². The van der Waals surface area contributed by atoms with Crippen LogP contribution in [0, 0.1) is 27.7 Å². The summed E-state index contributed by atoms with van der Waals surface area (Å²) in [6.07, 6.45) is 0. The average molecular weight is 679 g/mol. The molecule has 2 aromatic heterocycles. The Balaban J connectivity index is 0.000000176. The maximum absolute atomic E-state index is 11.9. The number of hydrogen-bond acceptors (Lipinski definition) is 9. The summed E-state index contributed by atoms with van der Waals surface area (Å²) >= 11 is 0. The van der Waals surface area contributed by atoms with Gasteiger partial charge in [0.05, 0.1) is 22.8 Å². The van der Waals surface area contributed by atoms with Crippen LogP contribution >= 0.6 is 0 Å². The molecule has 0 fully saturated rings. The summed E-state index contributed by atoms with van der Waals surface area (Å²) < 4.78 is 4.65. The Kier molecular flexibility index (Phi) is 9.28. The van der Waals surface area contributed by atoms with Gasteiger partial charge in [-0.25, -0.2) is 39.1 Å². The highest BCUT2D eigenvalue weighted by atomic mass is 16.6. The number of ether oxygens (including phenoxy) is 1. The number of carbonyl (C=O) groups excluding carboxylic acids is 2. The second-order valence-electron chi connectivity index (χ2n) is 12.0. The van der Waals surface area contributed by atoms with E-state index in [4.69, 9.17) is 0 Å². The van der Waals surface area contributed by atoms with Crippen LogP contribution < -0.4 is 0 Å². The first-order valence-corrected chi connectivity index (χ1v) is 15.7. The molecule has 51 heavy (non-hydrogen) atoms. The third kappa shape index (κ3) is 7.13. The van der Waals surface area contributed by atoms with Gasteiger partial charge in [-0.1, -0.05) is 119 Å². The molecule has 2 N–H and O–H groups in total. The van der Waals surface area contributed by atoms with Gasteiger partial charge < -0.3 is 14.9 Å². The smallest absolute Gasteiger partial charge is 0.367 e. The fourth-order valence-corrected chi connectivity index (χ4v) is 5.29. The van der Waals surface area contributed by atoms with Crippen molar-refractivity contribution < 1.29 is 34.1 Å². The first-order chi connectivity index (χ1) is 24.4. The zero-order chi connectivity index (χ0) is 36.4. The highest BCUT2D eigenvalue weighted by Crippen LogP contribution is 2.33. The van der Waals surface area contributed by atoms with E-state index in [0.717, 1.165) is 33.4 Å². The number of aromatic nitrogens is 4. The molecule has 3 heterocycles. The largest absolute Gasteiger partial charge is 0.476 e. The Morgan fingerprint density at radius 3 is 0.882 bits per heavy atom. The van der Waals surface area contributed by atoms with Crippen molar-refractivity contribution in [1.82, 2.24) is 19.9 Å². The monoisotopic (exact) mass is 678 g/mol. The van der Waals surface area contributed by atoms with Crippen molar-refractivity contribution in [2.75, 3.05) is 0 Å². The molecule has 11 heteroatoms. The summed E-state index contributed by atoms with van der Waals surface area (Å²) in [6.45, 7) is 7.86. The minimum absolute atomic E-state index is 0.0311. The molecular formula is C40H30N4O7. The fourth-order valence-electron chi connectivity index (χ4n) is 5.29. The molecule has 4 aromatic carbocycles. The van der Waals surface area contributed by atoms with Crippen LogP contribution in [0.3, 0.4) is 0 Å². The number of hydrogen-bond donors (Lipinski definition) is 2. The topological polar surface area (TPSA) is 170 Å². The molecule has 252 valence electrons. The van der Waals surface area contributed by atoms with Crippen molar-refractivity contribution in [3.05, 3.63) is 142 Å². The third-order valence-electron chi connectivity index (χ3n) is 8.07. The molecule has 0 radical (unpaired) electrons. The van der Waals surface area contributed by atoms with Gasteiger partial charge in [0.1, 0.15) is 0 Å². The van der Waals surface area contributed by atoms with Crippen molar-refractivity contribution in [2.45, 2.75) is 27.7 Å². The molecule has 0 saturated carbocycles. The van der Waals surface area contributed by atoms with Gasteiger partial charge in [0.15, 0.2) is 22.8 Å². The average Bonchev–Trinajstić information content (AvgIpc) is 3.40. The quantitative estimate of drug-likeness (QED) is 0.132. The number of aromatic carboxylic acids is 2. The van der Waals surface area contributed by atoms with Gasteiger partial charge in [0.2, 0.25) is 0 Å². The number of rotatable bonds is 6. The van der Waals surface area contributed by atoms with Crippen LogP contribution in [0.5, 0.6) is 0 Å². The maximum atomic E-state index is 11.9. The van der Waals surface area contributed by atoms with Gasteiger partial charge in [-0.3, -0.25) is 0 Å². The number of carbonyl (C=O) groups is 4. The molecule has 7 rings (SSSR count). The van der Waals surface area contributed by atoms with Crippen molar-refractivity contribution >= 4 is 23.9 Å². The van der Waals surface area contributed by atoms with E-state index in [-0.39, 0.29) is 11.4 Å². The van der Waals surface area contributed by atoms with Crippen LogP contribution in [0.2, 0.25) is 0 Å². The zero-order valence-electron chi connectivity index (χ0n) is 28.0. The van der Waals surface area contributed by atoms with Crippen molar-refractivity contribution in [3.63, 3.8) is 0 Å². The van der Waals surface area contributed by atoms with E-state index in [1.54, 1.807) is 0 Å². The number of carboxylic acids is 2. The Morgan fingerprint density at radius 1 is 0.412 bits per heavy atom. The number of benzene rings is 4. The summed E-state index contributed by atoms with van der Waals surface area (Å²) in [5.74, 6) is -4.37. The number of cyclic esters (lactones) is 2. The van der Waals surface area contributed by atoms with Crippen LogP contribution in [0.25, 0.3) is 45.0 Å². The van der Waals surface area contributed by atoms with Crippen molar-refractivity contribution in [3.8, 4) is 45.0 Å². The van der Waals surface area contributed by atoms with Crippen LogP contribution in [0.4, 0.5) is 0 Å². The van der Waals surface area contributed by atoms with Gasteiger partial charge in [0.25, 0.3) is 0 Å². The highest BCUT2D eigenvalue weighted by molar-refractivity contribution is 6.13. The minimum atomic E-state index is -1.43. The summed E-state index contributed by atoms with van der Waals surface area (Å²) in [5.41, 5.74) is 7.83. The molecule has 1 aliphatic rings. The van der Waals surface area contributed by atoms with E-state index in [0.29, 0.717) is 33.9 Å². The Hall–Kier alpha value is -6.88. The molecule has 0 aliphatic carbocycles. The molecule has 0 spiro atoms. The number of esters is 2. The lowest BCUT2D eigenvalue weighted by Gasteiger charge is -2.12. The van der Waals surface area contributed by atoms with E-state index in [9.17, 15) is 29.4 Å². The fraction of sp³-hybridized carbons (Fsp3) is 0.100. The molecule has 0 saturated heterocycles. The second-order valence-corrected chi connectivity index (χ2v) is 12.0. The van der Waals surface area contributed by atoms with E-state index in [1.807, 2.05) is 125 Å². The molecule has 1 aliphatic heterocycles. The van der Waals surface area contributed by atoms with Crippen LogP contribution in [0.1, 0.15) is 64.2 Å². The first-order valence-electron chi connectivity index (χ1n) is 15.7. The van der Waals surface area contributed by atoms with E-state index in [1.165, 1.54) is 0 Å². The molecule has 11 nitrogen and oxygen atoms in total. The predicted octanol–water partition coefficient (Wildman–Crippen LogP) is 7.56. The summed E-state index contributed by atoms with van der Waals surface area (Å²) in [4.78, 5) is 63.9. The number of aryl methyl sites for hydroxylation is 4. The van der Waals surface area contributed by atoms with Gasteiger partial charge in [0, 0.05) is 22.3 Å². The third-order valence-corrected chi connectivity index (χ3v) is 8.07. The summed E-state index contributed by atoms with van der Waals surface area (Å²) in [6, 6.07) is 30.3. The van der Waals surface area contributed by atoms with E-state index < -0.39 is 35.3 Å². The molecule has 0 atom stereocenters. The minimum Gasteiger partial charge on any atom is -0.476 e. The Bertz CT molecular complexity index is 2170. The van der Waals surface area contributed by atoms with Crippen LogP contribution in [-0.2, 0) is 4.74 Å². The molecule has 6 aromatic rings. The summed E-state index contributed by atoms with van der Waals surface area (Å²) in [7, 11) is 0. The highest BCUT2D eigenvalue weighted by Gasteiger charge is 2.35. The van der Waals surface area contributed by atoms with Gasteiger partial charge >= 0.3 is 23.9 Å². The Labute approximate surface area is 292 Å². The summed E-state index contributed by atoms with van der Waals surface area (Å²) in [5, 5.41) is 18.7. The van der Waals surface area contributed by atoms with Crippen molar-refractivity contribution in [2.24, 2.45) is 0 Å². The van der Waals surface area contributed by atoms with E-state index in [2.05, 4.69) is 24.7 Å². The second kappa shape index (κ2) is 13.9.